The van der Waals surface area contributed by atoms with Crippen molar-refractivity contribution in [2.45, 2.75) is 38.6 Å². The van der Waals surface area contributed by atoms with Crippen LogP contribution in [-0.2, 0) is 0 Å². The van der Waals surface area contributed by atoms with Crippen LogP contribution in [0.15, 0.2) is 6.33 Å². The molecule has 0 saturated heterocycles. The van der Waals surface area contributed by atoms with Crippen molar-refractivity contribution >= 4 is 0 Å². The second-order valence-electron chi connectivity index (χ2n) is 4.04. The van der Waals surface area contributed by atoms with E-state index in [1.807, 2.05) is 6.33 Å². The molecule has 1 aliphatic carbocycles. The molecule has 0 aliphatic heterocycles. The van der Waals surface area contributed by atoms with Crippen molar-refractivity contribution < 1.29 is 0 Å². The zero-order valence-electron chi connectivity index (χ0n) is 8.90. The molecule has 1 N–H and O–H groups in total. The number of aromatic nitrogens is 3. The Bertz CT molecular complexity index is 290. The van der Waals surface area contributed by atoms with E-state index in [9.17, 15) is 0 Å². The summed E-state index contributed by atoms with van der Waals surface area (Å²) in [6, 6.07) is 0.684. The van der Waals surface area contributed by atoms with Gasteiger partial charge in [0.2, 0.25) is 0 Å². The maximum Gasteiger partial charge on any atom is 0.137 e. The highest BCUT2D eigenvalue weighted by molar-refractivity contribution is 5.00. The first-order valence-electron chi connectivity index (χ1n) is 5.43. The lowest BCUT2D eigenvalue weighted by Gasteiger charge is -2.12. The van der Waals surface area contributed by atoms with E-state index in [1.165, 1.54) is 12.8 Å². The van der Waals surface area contributed by atoms with E-state index < -0.39 is 0 Å². The minimum absolute atomic E-state index is 0.457. The van der Waals surface area contributed by atoms with Crippen molar-refractivity contribution in [2.24, 2.45) is 0 Å². The van der Waals surface area contributed by atoms with Crippen LogP contribution in [0.2, 0.25) is 0 Å². The molecule has 0 aromatic carbocycles. The molecule has 4 nitrogen and oxygen atoms in total. The summed E-state index contributed by atoms with van der Waals surface area (Å²) in [6.07, 6.45) is 4.45. The van der Waals surface area contributed by atoms with Gasteiger partial charge in [0, 0.05) is 18.5 Å². The molecule has 1 fully saturated rings. The average Bonchev–Trinajstić information content (AvgIpc) is 2.93. The van der Waals surface area contributed by atoms with Crippen LogP contribution in [-0.4, -0.2) is 27.9 Å². The van der Waals surface area contributed by atoms with E-state index in [-0.39, 0.29) is 0 Å². The fourth-order valence-corrected chi connectivity index (χ4v) is 1.69. The summed E-state index contributed by atoms with van der Waals surface area (Å²) in [5.41, 5.74) is 0. The summed E-state index contributed by atoms with van der Waals surface area (Å²) < 4.78 is 2.24. The van der Waals surface area contributed by atoms with E-state index in [2.05, 4.69) is 33.9 Å². The summed E-state index contributed by atoms with van der Waals surface area (Å²) in [5.74, 6) is 1.59. The molecule has 0 spiro atoms. The number of hydrogen-bond acceptors (Lipinski definition) is 3. The Morgan fingerprint density at radius 3 is 3.07 bits per heavy atom. The SMILES string of the molecule is CCNCC(C)c1nncn1C1CC1. The van der Waals surface area contributed by atoms with Crippen molar-refractivity contribution in [3.05, 3.63) is 12.2 Å². The van der Waals surface area contributed by atoms with Gasteiger partial charge in [-0.25, -0.2) is 0 Å². The monoisotopic (exact) mass is 194 g/mol. The van der Waals surface area contributed by atoms with E-state index in [0.717, 1.165) is 18.9 Å². The van der Waals surface area contributed by atoms with Gasteiger partial charge < -0.3 is 9.88 Å². The smallest absolute Gasteiger partial charge is 0.137 e. The number of nitrogens with zero attached hydrogens (tertiary/aromatic N) is 3. The Morgan fingerprint density at radius 1 is 1.64 bits per heavy atom. The van der Waals surface area contributed by atoms with Crippen LogP contribution in [0.5, 0.6) is 0 Å². The molecule has 14 heavy (non-hydrogen) atoms. The normalized spacial score (nSPS) is 18.4. The number of nitrogens with one attached hydrogen (secondary N) is 1. The van der Waals surface area contributed by atoms with Crippen LogP contribution in [0.25, 0.3) is 0 Å². The average molecular weight is 194 g/mol. The molecule has 4 heteroatoms. The highest BCUT2D eigenvalue weighted by Gasteiger charge is 2.27. The van der Waals surface area contributed by atoms with Crippen molar-refractivity contribution in [2.75, 3.05) is 13.1 Å². The summed E-state index contributed by atoms with van der Waals surface area (Å²) in [5, 5.41) is 11.5. The van der Waals surface area contributed by atoms with Gasteiger partial charge in [0.05, 0.1) is 0 Å². The van der Waals surface area contributed by atoms with Crippen molar-refractivity contribution in [1.82, 2.24) is 20.1 Å². The van der Waals surface area contributed by atoms with Crippen LogP contribution in [0, 0.1) is 0 Å². The topological polar surface area (TPSA) is 42.7 Å². The molecule has 1 saturated carbocycles. The van der Waals surface area contributed by atoms with Crippen LogP contribution in [0.1, 0.15) is 44.5 Å². The lowest BCUT2D eigenvalue weighted by molar-refractivity contribution is 0.566. The van der Waals surface area contributed by atoms with Crippen LogP contribution in [0.4, 0.5) is 0 Å². The zero-order valence-corrected chi connectivity index (χ0v) is 8.90. The van der Waals surface area contributed by atoms with Gasteiger partial charge in [-0.05, 0) is 19.4 Å². The molecule has 1 atom stereocenters. The van der Waals surface area contributed by atoms with E-state index in [0.29, 0.717) is 12.0 Å². The quantitative estimate of drug-likeness (QED) is 0.769. The highest BCUT2D eigenvalue weighted by Crippen LogP contribution is 2.36. The van der Waals surface area contributed by atoms with Crippen molar-refractivity contribution in [1.29, 1.82) is 0 Å². The molecule has 78 valence electrons. The maximum atomic E-state index is 4.20. The van der Waals surface area contributed by atoms with E-state index in [4.69, 9.17) is 0 Å². The predicted molar refractivity (Wildman–Crippen MR) is 55.3 cm³/mol. The van der Waals surface area contributed by atoms with Crippen molar-refractivity contribution in [3.8, 4) is 0 Å². The fourth-order valence-electron chi connectivity index (χ4n) is 1.69. The van der Waals surface area contributed by atoms with Gasteiger partial charge >= 0.3 is 0 Å². The molecule has 1 unspecified atom stereocenters. The molecule has 1 aromatic heterocycles. The molecule has 2 rings (SSSR count). The summed E-state index contributed by atoms with van der Waals surface area (Å²) in [7, 11) is 0. The predicted octanol–water partition coefficient (Wildman–Crippen LogP) is 1.33. The van der Waals surface area contributed by atoms with Crippen LogP contribution >= 0.6 is 0 Å². The second kappa shape index (κ2) is 4.09. The first kappa shape index (κ1) is 9.65. The van der Waals surface area contributed by atoms with Gasteiger partial charge in [0.25, 0.3) is 0 Å². The molecule has 1 aromatic rings. The Labute approximate surface area is 84.7 Å². The lowest BCUT2D eigenvalue weighted by atomic mass is 10.1. The second-order valence-corrected chi connectivity index (χ2v) is 4.04. The van der Waals surface area contributed by atoms with Gasteiger partial charge in [0.1, 0.15) is 12.2 Å². The van der Waals surface area contributed by atoms with Crippen LogP contribution < -0.4 is 5.32 Å². The summed E-state index contributed by atoms with van der Waals surface area (Å²) in [6.45, 7) is 6.33. The maximum absolute atomic E-state index is 4.20. The van der Waals surface area contributed by atoms with E-state index in [1.54, 1.807) is 0 Å². The number of likely N-dealkylation sites (N-methyl/N-ethyl adjacent to an activating group) is 1. The molecular formula is C10H18N4. The third-order valence-electron chi connectivity index (χ3n) is 2.68. The number of rotatable bonds is 5. The van der Waals surface area contributed by atoms with Gasteiger partial charge in [0.15, 0.2) is 0 Å². The Hall–Kier alpha value is -0.900. The Morgan fingerprint density at radius 2 is 2.43 bits per heavy atom. The van der Waals surface area contributed by atoms with Gasteiger partial charge in [-0.3, -0.25) is 0 Å². The standard InChI is InChI=1S/C10H18N4/c1-3-11-6-8(2)10-13-12-7-14(10)9-4-5-9/h7-9,11H,3-6H2,1-2H3. The molecular weight excluding hydrogens is 176 g/mol. The van der Waals surface area contributed by atoms with Crippen LogP contribution in [0.3, 0.4) is 0 Å². The number of hydrogen-bond donors (Lipinski definition) is 1. The molecule has 0 bridgehead atoms. The third-order valence-corrected chi connectivity index (χ3v) is 2.68. The van der Waals surface area contributed by atoms with Gasteiger partial charge in [-0.1, -0.05) is 13.8 Å². The summed E-state index contributed by atoms with van der Waals surface area (Å²) in [4.78, 5) is 0. The first-order valence-corrected chi connectivity index (χ1v) is 5.43. The largest absolute Gasteiger partial charge is 0.316 e. The molecule has 1 heterocycles. The molecule has 1 aliphatic rings. The van der Waals surface area contributed by atoms with Gasteiger partial charge in [-0.15, -0.1) is 10.2 Å². The molecule has 0 radical (unpaired) electrons. The highest BCUT2D eigenvalue weighted by atomic mass is 15.3. The minimum atomic E-state index is 0.457. The third kappa shape index (κ3) is 1.95. The Balaban J connectivity index is 2.02. The van der Waals surface area contributed by atoms with E-state index >= 15 is 0 Å². The van der Waals surface area contributed by atoms with Gasteiger partial charge in [-0.2, -0.15) is 0 Å². The fraction of sp³-hybridized carbons (Fsp3) is 0.800. The molecule has 0 amide bonds. The van der Waals surface area contributed by atoms with Crippen molar-refractivity contribution in [3.63, 3.8) is 0 Å². The lowest BCUT2D eigenvalue weighted by Crippen LogP contribution is -2.21. The minimum Gasteiger partial charge on any atom is -0.316 e. The first-order chi connectivity index (χ1) is 6.83. The summed E-state index contributed by atoms with van der Waals surface area (Å²) >= 11 is 0. The zero-order chi connectivity index (χ0) is 9.97. The Kier molecular flexibility index (Phi) is 2.82.